The number of carboxylic acids is 1. The Morgan fingerprint density at radius 3 is 2.50 bits per heavy atom. The number of anilines is 1. The van der Waals surface area contributed by atoms with E-state index in [4.69, 9.17) is 5.11 Å². The Morgan fingerprint density at radius 2 is 1.88 bits per heavy atom. The third-order valence-electron chi connectivity index (χ3n) is 4.67. The van der Waals surface area contributed by atoms with Crippen molar-refractivity contribution in [2.45, 2.75) is 25.7 Å². The number of carbonyl (C=O) groups excluding carboxylic acids is 1. The zero-order chi connectivity index (χ0) is 18.8. The van der Waals surface area contributed by atoms with Gasteiger partial charge in [0, 0.05) is 17.7 Å². The molecule has 0 bridgehead atoms. The van der Waals surface area contributed by atoms with E-state index in [9.17, 15) is 18.4 Å². The van der Waals surface area contributed by atoms with E-state index in [2.05, 4.69) is 5.32 Å². The fourth-order valence-electron chi connectivity index (χ4n) is 3.03. The van der Waals surface area contributed by atoms with E-state index in [-0.39, 0.29) is 17.7 Å². The summed E-state index contributed by atoms with van der Waals surface area (Å²) in [5, 5.41) is 11.7. The van der Waals surface area contributed by atoms with Crippen LogP contribution in [0.4, 0.5) is 14.5 Å². The summed E-state index contributed by atoms with van der Waals surface area (Å²) in [7, 11) is 0. The Bertz CT molecular complexity index is 835. The molecule has 0 radical (unpaired) electrons. The molecule has 26 heavy (non-hydrogen) atoms. The van der Waals surface area contributed by atoms with Crippen molar-refractivity contribution < 1.29 is 23.5 Å². The first-order valence-electron chi connectivity index (χ1n) is 8.42. The number of rotatable bonds is 6. The van der Waals surface area contributed by atoms with Crippen LogP contribution >= 0.6 is 0 Å². The minimum atomic E-state index is -0.852. The molecule has 6 heteroatoms. The Morgan fingerprint density at radius 1 is 1.19 bits per heavy atom. The van der Waals surface area contributed by atoms with Crippen LogP contribution in [0, 0.1) is 23.5 Å². The zero-order valence-electron chi connectivity index (χ0n) is 14.2. The molecule has 0 aromatic heterocycles. The monoisotopic (exact) mass is 359 g/mol. The van der Waals surface area contributed by atoms with Crippen LogP contribution in [0.3, 0.4) is 0 Å². The fourth-order valence-corrected chi connectivity index (χ4v) is 3.03. The Balaban J connectivity index is 1.58. The van der Waals surface area contributed by atoms with Gasteiger partial charge in [0.05, 0.1) is 5.92 Å². The van der Waals surface area contributed by atoms with E-state index in [1.165, 1.54) is 12.1 Å². The van der Waals surface area contributed by atoms with Crippen molar-refractivity contribution in [3.63, 3.8) is 0 Å². The molecule has 2 aromatic rings. The molecule has 1 aliphatic rings. The predicted octanol–water partition coefficient (Wildman–Crippen LogP) is 3.97. The molecule has 0 saturated heterocycles. The number of halogens is 2. The molecule has 2 aromatic carbocycles. The van der Waals surface area contributed by atoms with Gasteiger partial charge in [0.2, 0.25) is 5.91 Å². The second kappa shape index (κ2) is 7.23. The normalized spacial score (nSPS) is 19.7. The van der Waals surface area contributed by atoms with Gasteiger partial charge in [-0.2, -0.15) is 0 Å². The van der Waals surface area contributed by atoms with Crippen molar-refractivity contribution in [2.24, 2.45) is 11.8 Å². The highest BCUT2D eigenvalue weighted by Crippen LogP contribution is 2.48. The Hall–Kier alpha value is -2.76. The molecule has 1 saturated carbocycles. The first-order chi connectivity index (χ1) is 12.3. The van der Waals surface area contributed by atoms with Gasteiger partial charge in [0.15, 0.2) is 0 Å². The maximum Gasteiger partial charge on any atom is 0.306 e. The number of amides is 1. The smallest absolute Gasteiger partial charge is 0.306 e. The maximum absolute atomic E-state index is 13.8. The van der Waals surface area contributed by atoms with E-state index in [1.807, 2.05) is 0 Å². The number of benzene rings is 2. The Labute approximate surface area is 149 Å². The van der Waals surface area contributed by atoms with Crippen LogP contribution in [0.15, 0.2) is 42.5 Å². The van der Waals surface area contributed by atoms with Crippen molar-refractivity contribution in [3.05, 3.63) is 65.2 Å². The van der Waals surface area contributed by atoms with E-state index >= 15 is 0 Å². The summed E-state index contributed by atoms with van der Waals surface area (Å²) < 4.78 is 26.8. The van der Waals surface area contributed by atoms with Gasteiger partial charge in [0.1, 0.15) is 11.6 Å². The molecule has 0 spiro atoms. The lowest BCUT2D eigenvalue weighted by Crippen LogP contribution is -2.15. The van der Waals surface area contributed by atoms with Gasteiger partial charge >= 0.3 is 5.97 Å². The van der Waals surface area contributed by atoms with Crippen LogP contribution in [0.25, 0.3) is 0 Å². The highest BCUT2D eigenvalue weighted by molar-refractivity contribution is 5.95. The minimum absolute atomic E-state index is 0.203. The molecule has 0 heterocycles. The van der Waals surface area contributed by atoms with E-state index < -0.39 is 23.5 Å². The lowest BCUT2D eigenvalue weighted by atomic mass is 10.0. The summed E-state index contributed by atoms with van der Waals surface area (Å²) in [6.07, 6.45) is 0.945. The molecule has 4 nitrogen and oxygen atoms in total. The molecule has 1 aliphatic carbocycles. The number of carbonyl (C=O) groups is 2. The number of carboxylic acid groups (broad SMARTS) is 1. The highest BCUT2D eigenvalue weighted by atomic mass is 19.1. The molecule has 1 amide bonds. The highest BCUT2D eigenvalue weighted by Gasteiger charge is 2.45. The van der Waals surface area contributed by atoms with Gasteiger partial charge in [0.25, 0.3) is 0 Å². The van der Waals surface area contributed by atoms with Gasteiger partial charge in [-0.25, -0.2) is 8.78 Å². The number of aliphatic carboxylic acids is 1. The van der Waals surface area contributed by atoms with Crippen molar-refractivity contribution >= 4 is 17.6 Å². The topological polar surface area (TPSA) is 66.4 Å². The predicted molar refractivity (Wildman–Crippen MR) is 92.8 cm³/mol. The van der Waals surface area contributed by atoms with Crippen LogP contribution in [-0.4, -0.2) is 17.0 Å². The number of nitrogens with one attached hydrogen (secondary N) is 1. The molecule has 2 N–H and O–H groups in total. The lowest BCUT2D eigenvalue weighted by Gasteiger charge is -2.09. The molecule has 136 valence electrons. The summed E-state index contributed by atoms with van der Waals surface area (Å²) >= 11 is 0. The lowest BCUT2D eigenvalue weighted by molar-refractivity contribution is -0.141. The van der Waals surface area contributed by atoms with Gasteiger partial charge in [-0.05, 0) is 48.1 Å². The van der Waals surface area contributed by atoms with Gasteiger partial charge in [-0.3, -0.25) is 9.59 Å². The van der Waals surface area contributed by atoms with Gasteiger partial charge < -0.3 is 10.4 Å². The first kappa shape index (κ1) is 18.0. The third-order valence-corrected chi connectivity index (χ3v) is 4.67. The second-order valence-corrected chi connectivity index (χ2v) is 6.74. The summed E-state index contributed by atoms with van der Waals surface area (Å²) in [6.45, 7) is 1.64. The SMILES string of the molecule is CC(Cc1ccc(NC(=O)C2CC2c2ccc(F)cc2F)cc1)C(=O)O. The van der Waals surface area contributed by atoms with E-state index in [1.54, 1.807) is 31.2 Å². The summed E-state index contributed by atoms with van der Waals surface area (Å²) in [4.78, 5) is 23.2. The van der Waals surface area contributed by atoms with Gasteiger partial charge in [-0.15, -0.1) is 0 Å². The van der Waals surface area contributed by atoms with E-state index in [0.717, 1.165) is 11.6 Å². The average molecular weight is 359 g/mol. The van der Waals surface area contributed by atoms with Crippen LogP contribution in [0.5, 0.6) is 0 Å². The average Bonchev–Trinajstić information content (AvgIpc) is 3.37. The minimum Gasteiger partial charge on any atom is -0.481 e. The standard InChI is InChI=1S/C20H19F2NO3/c1-11(20(25)26)8-12-2-5-14(6-3-12)23-19(24)17-10-16(17)15-7-4-13(21)9-18(15)22/h2-7,9,11,16-17H,8,10H2,1H3,(H,23,24)(H,25,26). The summed E-state index contributed by atoms with van der Waals surface area (Å²) in [5.41, 5.74) is 1.84. The maximum atomic E-state index is 13.8. The fraction of sp³-hybridized carbons (Fsp3) is 0.300. The van der Waals surface area contributed by atoms with Crippen LogP contribution < -0.4 is 5.32 Å². The number of hydrogen-bond donors (Lipinski definition) is 2. The van der Waals surface area contributed by atoms with Crippen LogP contribution in [-0.2, 0) is 16.0 Å². The third kappa shape index (κ3) is 4.07. The molecular formula is C20H19F2NO3. The summed E-state index contributed by atoms with van der Waals surface area (Å²) in [5.74, 6) is -3.35. The second-order valence-electron chi connectivity index (χ2n) is 6.74. The quantitative estimate of drug-likeness (QED) is 0.820. The van der Waals surface area contributed by atoms with Crippen molar-refractivity contribution in [3.8, 4) is 0 Å². The van der Waals surface area contributed by atoms with Crippen molar-refractivity contribution in [2.75, 3.05) is 5.32 Å². The molecule has 0 aliphatic heterocycles. The number of hydrogen-bond acceptors (Lipinski definition) is 2. The molecule has 1 fully saturated rings. The first-order valence-corrected chi connectivity index (χ1v) is 8.42. The molecule has 3 rings (SSSR count). The van der Waals surface area contributed by atoms with Crippen LogP contribution in [0.1, 0.15) is 30.4 Å². The van der Waals surface area contributed by atoms with Crippen molar-refractivity contribution in [1.82, 2.24) is 0 Å². The zero-order valence-corrected chi connectivity index (χ0v) is 14.2. The largest absolute Gasteiger partial charge is 0.481 e. The summed E-state index contributed by atoms with van der Waals surface area (Å²) in [6, 6.07) is 10.4. The molecular weight excluding hydrogens is 340 g/mol. The Kier molecular flexibility index (Phi) is 5.02. The van der Waals surface area contributed by atoms with Gasteiger partial charge in [-0.1, -0.05) is 25.1 Å². The molecule has 3 unspecified atom stereocenters. The van der Waals surface area contributed by atoms with E-state index in [0.29, 0.717) is 24.1 Å². The molecule has 3 atom stereocenters. The van der Waals surface area contributed by atoms with Crippen LogP contribution in [0.2, 0.25) is 0 Å². The van der Waals surface area contributed by atoms with Crippen molar-refractivity contribution in [1.29, 1.82) is 0 Å².